The molecule has 0 aromatic rings. The van der Waals surface area contributed by atoms with Crippen LogP contribution >= 0.6 is 0 Å². The van der Waals surface area contributed by atoms with Crippen LogP contribution in [0.5, 0.6) is 0 Å². The molecule has 12 heavy (non-hydrogen) atoms. The third-order valence-corrected chi connectivity index (χ3v) is 3.73. The molecule has 70 valence electrons. The molecule has 0 aromatic carbocycles. The molecule has 0 saturated heterocycles. The summed E-state index contributed by atoms with van der Waals surface area (Å²) in [5, 5.41) is 9.62. The molecule has 0 spiro atoms. The maximum Gasteiger partial charge on any atom is 0.505 e. The molecular weight excluding hydrogens is 172 g/mol. The van der Waals surface area contributed by atoms with E-state index in [1.807, 2.05) is 6.92 Å². The first-order chi connectivity index (χ1) is 5.66. The van der Waals surface area contributed by atoms with Gasteiger partial charge in [-0.15, -0.1) is 0 Å². The van der Waals surface area contributed by atoms with E-state index >= 15 is 0 Å². The SMILES string of the molecule is CC=C(C)[SiH2]CCCOC(=O)O. The number of rotatable bonds is 5. The van der Waals surface area contributed by atoms with Crippen molar-refractivity contribution in [1.29, 1.82) is 0 Å². The van der Waals surface area contributed by atoms with E-state index in [0.717, 1.165) is 12.5 Å². The van der Waals surface area contributed by atoms with Crippen molar-refractivity contribution in [3.05, 3.63) is 11.3 Å². The summed E-state index contributed by atoms with van der Waals surface area (Å²) in [6.07, 6.45) is 1.83. The second kappa shape index (κ2) is 6.91. The molecule has 0 fully saturated rings. The van der Waals surface area contributed by atoms with Crippen LogP contribution in [-0.2, 0) is 4.74 Å². The van der Waals surface area contributed by atoms with Gasteiger partial charge in [0.05, 0.1) is 6.61 Å². The van der Waals surface area contributed by atoms with Crippen LogP contribution in [0, 0.1) is 0 Å². The molecule has 0 aliphatic heterocycles. The first-order valence-corrected chi connectivity index (χ1v) is 5.85. The highest BCUT2D eigenvalue weighted by atomic mass is 28.2. The predicted molar refractivity (Wildman–Crippen MR) is 51.4 cm³/mol. The molecule has 0 radical (unpaired) electrons. The first kappa shape index (κ1) is 11.2. The van der Waals surface area contributed by atoms with E-state index < -0.39 is 6.16 Å². The molecule has 0 aliphatic rings. The molecule has 0 heterocycles. The van der Waals surface area contributed by atoms with Crippen molar-refractivity contribution in [3.63, 3.8) is 0 Å². The Balaban J connectivity index is 3.16. The van der Waals surface area contributed by atoms with Crippen molar-refractivity contribution >= 4 is 15.7 Å². The van der Waals surface area contributed by atoms with Gasteiger partial charge in [0.25, 0.3) is 0 Å². The molecule has 1 N–H and O–H groups in total. The van der Waals surface area contributed by atoms with Crippen LogP contribution < -0.4 is 0 Å². The normalized spacial score (nSPS) is 12.3. The number of carboxylic acid groups (broad SMARTS) is 1. The highest BCUT2D eigenvalue weighted by Crippen LogP contribution is 1.97. The Labute approximate surface area is 75.2 Å². The van der Waals surface area contributed by atoms with Gasteiger partial charge in [-0.1, -0.05) is 17.3 Å². The van der Waals surface area contributed by atoms with Gasteiger partial charge in [0.15, 0.2) is 0 Å². The lowest BCUT2D eigenvalue weighted by Crippen LogP contribution is -2.03. The molecule has 0 atom stereocenters. The fraction of sp³-hybridized carbons (Fsp3) is 0.625. The van der Waals surface area contributed by atoms with Gasteiger partial charge in [0, 0.05) is 9.52 Å². The fourth-order valence-corrected chi connectivity index (χ4v) is 2.11. The van der Waals surface area contributed by atoms with Crippen LogP contribution in [-0.4, -0.2) is 27.4 Å². The molecule has 0 amide bonds. The Morgan fingerprint density at radius 2 is 2.33 bits per heavy atom. The number of hydrogen-bond donors (Lipinski definition) is 1. The van der Waals surface area contributed by atoms with E-state index in [1.54, 1.807) is 0 Å². The summed E-state index contributed by atoms with van der Waals surface area (Å²) in [5.74, 6) is 0. The summed E-state index contributed by atoms with van der Waals surface area (Å²) < 4.78 is 4.38. The fourth-order valence-electron chi connectivity index (χ4n) is 0.810. The van der Waals surface area contributed by atoms with Gasteiger partial charge in [0.2, 0.25) is 0 Å². The first-order valence-electron chi connectivity index (χ1n) is 4.14. The van der Waals surface area contributed by atoms with Crippen LogP contribution in [0.4, 0.5) is 4.79 Å². The average molecular weight is 188 g/mol. The Kier molecular flexibility index (Phi) is 6.46. The second-order valence-electron chi connectivity index (χ2n) is 2.71. The Morgan fingerprint density at radius 1 is 1.67 bits per heavy atom. The third-order valence-electron chi connectivity index (χ3n) is 1.68. The van der Waals surface area contributed by atoms with E-state index in [9.17, 15) is 4.79 Å². The average Bonchev–Trinajstić information content (AvgIpc) is 2.03. The van der Waals surface area contributed by atoms with Gasteiger partial charge >= 0.3 is 6.16 Å². The van der Waals surface area contributed by atoms with Gasteiger partial charge in [-0.2, -0.15) is 0 Å². The van der Waals surface area contributed by atoms with E-state index in [1.165, 1.54) is 5.20 Å². The summed E-state index contributed by atoms with van der Waals surface area (Å²) in [4.78, 5) is 9.93. The third kappa shape index (κ3) is 7.34. The second-order valence-corrected chi connectivity index (χ2v) is 5.03. The maximum absolute atomic E-state index is 9.93. The maximum atomic E-state index is 9.93. The largest absolute Gasteiger partial charge is 0.505 e. The summed E-state index contributed by atoms with van der Waals surface area (Å²) in [7, 11) is -0.121. The standard InChI is InChI=1S/C8H16O3Si/c1-3-7(2)12-6-4-5-11-8(9)10/h3H,4-6,12H2,1-2H3,(H,9,10). The molecule has 0 aromatic heterocycles. The minimum absolute atomic E-state index is 0.121. The van der Waals surface area contributed by atoms with Gasteiger partial charge in [-0.05, 0) is 20.3 Å². The quantitative estimate of drug-likeness (QED) is 0.405. The lowest BCUT2D eigenvalue weighted by molar-refractivity contribution is 0.0918. The Bertz CT molecular complexity index is 166. The topological polar surface area (TPSA) is 46.5 Å². The van der Waals surface area contributed by atoms with Crippen LogP contribution in [0.1, 0.15) is 20.3 Å². The lowest BCUT2D eigenvalue weighted by Gasteiger charge is -2.00. The zero-order valence-corrected chi connectivity index (χ0v) is 9.08. The molecule has 4 heteroatoms. The summed E-state index contributed by atoms with van der Waals surface area (Å²) in [6, 6.07) is 1.13. The molecule has 0 saturated carbocycles. The van der Waals surface area contributed by atoms with Gasteiger partial charge in [0.1, 0.15) is 0 Å². The minimum atomic E-state index is -1.17. The molecule has 0 aliphatic carbocycles. The minimum Gasteiger partial charge on any atom is -0.450 e. The zero-order valence-electron chi connectivity index (χ0n) is 7.67. The van der Waals surface area contributed by atoms with Crippen LogP contribution in [0.3, 0.4) is 0 Å². The number of allylic oxidation sites excluding steroid dienone is 2. The van der Waals surface area contributed by atoms with E-state index in [2.05, 4.69) is 17.7 Å². The van der Waals surface area contributed by atoms with Crippen LogP contribution in [0.15, 0.2) is 11.3 Å². The number of carbonyl (C=O) groups is 1. The van der Waals surface area contributed by atoms with Crippen molar-refractivity contribution in [2.75, 3.05) is 6.61 Å². The van der Waals surface area contributed by atoms with E-state index in [4.69, 9.17) is 5.11 Å². The number of hydrogen-bond acceptors (Lipinski definition) is 2. The summed E-state index contributed by atoms with van der Waals surface area (Å²) >= 11 is 0. The van der Waals surface area contributed by atoms with E-state index in [0.29, 0.717) is 6.61 Å². The monoisotopic (exact) mass is 188 g/mol. The number of ether oxygens (including phenoxy) is 1. The molecular formula is C8H16O3Si. The molecule has 0 unspecified atom stereocenters. The predicted octanol–water partition coefficient (Wildman–Crippen LogP) is 1.58. The summed E-state index contributed by atoms with van der Waals surface area (Å²) in [5.41, 5.74) is 0. The highest BCUT2D eigenvalue weighted by molar-refractivity contribution is 6.44. The highest BCUT2D eigenvalue weighted by Gasteiger charge is 1.95. The van der Waals surface area contributed by atoms with Crippen LogP contribution in [0.25, 0.3) is 0 Å². The molecule has 3 nitrogen and oxygen atoms in total. The lowest BCUT2D eigenvalue weighted by atomic mass is 10.5. The molecule has 0 bridgehead atoms. The summed E-state index contributed by atoms with van der Waals surface area (Å²) in [6.45, 7) is 4.51. The van der Waals surface area contributed by atoms with Crippen molar-refractivity contribution in [1.82, 2.24) is 0 Å². The van der Waals surface area contributed by atoms with Gasteiger partial charge in [-0.3, -0.25) is 0 Å². The van der Waals surface area contributed by atoms with Gasteiger partial charge < -0.3 is 9.84 Å². The van der Waals surface area contributed by atoms with E-state index in [-0.39, 0.29) is 9.52 Å². The van der Waals surface area contributed by atoms with Gasteiger partial charge in [-0.25, -0.2) is 4.79 Å². The van der Waals surface area contributed by atoms with Crippen molar-refractivity contribution in [2.45, 2.75) is 26.3 Å². The van der Waals surface area contributed by atoms with Crippen LogP contribution in [0.2, 0.25) is 6.04 Å². The van der Waals surface area contributed by atoms with Crippen molar-refractivity contribution < 1.29 is 14.6 Å². The smallest absolute Gasteiger partial charge is 0.450 e. The Morgan fingerprint density at radius 3 is 2.83 bits per heavy atom. The van der Waals surface area contributed by atoms with Crippen molar-refractivity contribution in [3.8, 4) is 0 Å². The Hall–Kier alpha value is -0.773. The zero-order chi connectivity index (χ0) is 9.40. The molecule has 0 rings (SSSR count). The van der Waals surface area contributed by atoms with Crippen molar-refractivity contribution in [2.24, 2.45) is 0 Å².